The summed E-state index contributed by atoms with van der Waals surface area (Å²) in [5.74, 6) is 0.540. The molecule has 1 aliphatic heterocycles. The van der Waals surface area contributed by atoms with E-state index in [1.165, 1.54) is 12.1 Å². The van der Waals surface area contributed by atoms with E-state index in [1.54, 1.807) is 33.9 Å². The maximum Gasteiger partial charge on any atom is 0.272 e. The summed E-state index contributed by atoms with van der Waals surface area (Å²) in [6.45, 7) is 4.63. The van der Waals surface area contributed by atoms with Gasteiger partial charge in [-0.1, -0.05) is 0 Å². The number of benzene rings is 2. The lowest BCUT2D eigenvalue weighted by Crippen LogP contribution is -2.49. The molecular weight excluding hydrogens is 422 g/mol. The fraction of sp³-hybridized carbons (Fsp3) is 0.250. The predicted octanol–water partition coefficient (Wildman–Crippen LogP) is 3.62. The molecule has 168 valence electrons. The Hall–Kier alpha value is -4.32. The van der Waals surface area contributed by atoms with Crippen LogP contribution in [-0.4, -0.2) is 53.1 Å². The number of non-ortho nitro benzene ring substituents is 1. The lowest BCUT2D eigenvalue weighted by Gasteiger charge is -2.36. The number of nitriles is 1. The van der Waals surface area contributed by atoms with Crippen LogP contribution in [0.5, 0.6) is 5.75 Å². The van der Waals surface area contributed by atoms with Crippen LogP contribution in [0.1, 0.15) is 23.0 Å². The van der Waals surface area contributed by atoms with Crippen LogP contribution in [0, 0.1) is 21.4 Å². The number of nitro benzene ring substituents is 1. The first-order valence-corrected chi connectivity index (χ1v) is 10.6. The van der Waals surface area contributed by atoms with Crippen LogP contribution in [0.25, 0.3) is 5.69 Å². The molecule has 0 aliphatic carbocycles. The fourth-order valence-electron chi connectivity index (χ4n) is 3.93. The number of piperazine rings is 1. The molecule has 0 spiro atoms. The van der Waals surface area contributed by atoms with Crippen LogP contribution in [0.15, 0.2) is 60.8 Å². The number of nitro groups is 1. The molecule has 0 bridgehead atoms. The summed E-state index contributed by atoms with van der Waals surface area (Å²) in [5, 5.41) is 20.4. The maximum absolute atomic E-state index is 13.4. The topological polar surface area (TPSA) is 105 Å². The van der Waals surface area contributed by atoms with E-state index in [9.17, 15) is 20.2 Å². The minimum atomic E-state index is -0.424. The van der Waals surface area contributed by atoms with Crippen molar-refractivity contribution in [1.82, 2.24) is 9.47 Å². The van der Waals surface area contributed by atoms with Gasteiger partial charge in [-0.15, -0.1) is 0 Å². The van der Waals surface area contributed by atoms with Gasteiger partial charge in [0.15, 0.2) is 0 Å². The van der Waals surface area contributed by atoms with E-state index < -0.39 is 4.92 Å². The third-order valence-corrected chi connectivity index (χ3v) is 5.63. The van der Waals surface area contributed by atoms with Gasteiger partial charge >= 0.3 is 0 Å². The van der Waals surface area contributed by atoms with Crippen molar-refractivity contribution in [3.05, 3.63) is 82.2 Å². The Labute approximate surface area is 191 Å². The predicted molar refractivity (Wildman–Crippen MR) is 123 cm³/mol. The third kappa shape index (κ3) is 4.50. The number of hydrogen-bond donors (Lipinski definition) is 0. The number of nitrogens with zero attached hydrogens (tertiary/aromatic N) is 5. The summed E-state index contributed by atoms with van der Waals surface area (Å²) < 4.78 is 7.22. The molecular formula is C24H23N5O4. The summed E-state index contributed by atoms with van der Waals surface area (Å²) in [7, 11) is 0. The summed E-state index contributed by atoms with van der Waals surface area (Å²) in [4.78, 5) is 27.7. The van der Waals surface area contributed by atoms with Crippen molar-refractivity contribution in [2.75, 3.05) is 37.7 Å². The van der Waals surface area contributed by atoms with Gasteiger partial charge in [0.05, 0.1) is 17.1 Å². The molecule has 1 amide bonds. The van der Waals surface area contributed by atoms with Crippen LogP contribution >= 0.6 is 0 Å². The minimum absolute atomic E-state index is 0.0478. The molecule has 0 radical (unpaired) electrons. The standard InChI is InChI=1S/C24H23N5O4/c1-2-33-22-9-7-20(8-10-22)28-12-11-18(17-25)23(28)24(30)27-15-13-26(14-16-27)19-3-5-21(6-4-19)29(31)32/h3-12H,2,13-16H2,1H3. The smallest absolute Gasteiger partial charge is 0.272 e. The van der Waals surface area contributed by atoms with E-state index in [0.29, 0.717) is 44.0 Å². The lowest BCUT2D eigenvalue weighted by molar-refractivity contribution is -0.384. The number of rotatable bonds is 6. The van der Waals surface area contributed by atoms with Gasteiger partial charge in [0, 0.05) is 55.9 Å². The maximum atomic E-state index is 13.4. The molecule has 2 heterocycles. The van der Waals surface area contributed by atoms with Gasteiger partial charge in [-0.2, -0.15) is 5.26 Å². The Balaban J connectivity index is 1.50. The summed E-state index contributed by atoms with van der Waals surface area (Å²) in [6, 6.07) is 17.6. The molecule has 2 aromatic carbocycles. The van der Waals surface area contributed by atoms with E-state index in [2.05, 4.69) is 11.0 Å². The molecule has 1 aliphatic rings. The van der Waals surface area contributed by atoms with Crippen molar-refractivity contribution >= 4 is 17.3 Å². The quantitative estimate of drug-likeness (QED) is 0.424. The largest absolute Gasteiger partial charge is 0.494 e. The van der Waals surface area contributed by atoms with Gasteiger partial charge in [0.1, 0.15) is 17.5 Å². The molecule has 0 N–H and O–H groups in total. The van der Waals surface area contributed by atoms with Crippen molar-refractivity contribution in [2.24, 2.45) is 0 Å². The zero-order valence-electron chi connectivity index (χ0n) is 18.2. The Morgan fingerprint density at radius 3 is 2.24 bits per heavy atom. The fourth-order valence-corrected chi connectivity index (χ4v) is 3.93. The second kappa shape index (κ2) is 9.44. The first-order valence-electron chi connectivity index (χ1n) is 10.6. The molecule has 9 nitrogen and oxygen atoms in total. The first-order chi connectivity index (χ1) is 16.0. The van der Waals surface area contributed by atoms with Crippen LogP contribution < -0.4 is 9.64 Å². The molecule has 3 aromatic rings. The van der Waals surface area contributed by atoms with Crippen molar-refractivity contribution in [3.63, 3.8) is 0 Å². The van der Waals surface area contributed by atoms with Crippen LogP contribution in [0.4, 0.5) is 11.4 Å². The number of anilines is 1. The normalized spacial score (nSPS) is 13.5. The number of carbonyl (C=O) groups is 1. The summed E-state index contributed by atoms with van der Waals surface area (Å²) >= 11 is 0. The molecule has 1 aromatic heterocycles. The van der Waals surface area contributed by atoms with Gasteiger partial charge in [-0.25, -0.2) is 0 Å². The Morgan fingerprint density at radius 2 is 1.67 bits per heavy atom. The van der Waals surface area contributed by atoms with Crippen LogP contribution in [0.3, 0.4) is 0 Å². The molecule has 0 unspecified atom stereocenters. The highest BCUT2D eigenvalue weighted by atomic mass is 16.6. The summed E-state index contributed by atoms with van der Waals surface area (Å²) in [6.07, 6.45) is 1.73. The lowest BCUT2D eigenvalue weighted by atomic mass is 10.2. The zero-order valence-corrected chi connectivity index (χ0v) is 18.2. The highest BCUT2D eigenvalue weighted by Gasteiger charge is 2.27. The number of aromatic nitrogens is 1. The second-order valence-corrected chi connectivity index (χ2v) is 7.54. The van der Waals surface area contributed by atoms with Gasteiger partial charge in [0.25, 0.3) is 11.6 Å². The molecule has 9 heteroatoms. The summed E-state index contributed by atoms with van der Waals surface area (Å²) in [5.41, 5.74) is 2.36. The highest BCUT2D eigenvalue weighted by Crippen LogP contribution is 2.24. The van der Waals surface area contributed by atoms with E-state index in [1.807, 2.05) is 31.2 Å². The Morgan fingerprint density at radius 1 is 1.03 bits per heavy atom. The molecule has 1 saturated heterocycles. The van der Waals surface area contributed by atoms with Gasteiger partial charge < -0.3 is 19.1 Å². The second-order valence-electron chi connectivity index (χ2n) is 7.54. The van der Waals surface area contributed by atoms with Crippen LogP contribution in [-0.2, 0) is 0 Å². The van der Waals surface area contributed by atoms with E-state index >= 15 is 0 Å². The molecule has 0 saturated carbocycles. The zero-order chi connectivity index (χ0) is 23.4. The molecule has 1 fully saturated rings. The molecule has 33 heavy (non-hydrogen) atoms. The van der Waals surface area contributed by atoms with Crippen molar-refractivity contribution in [2.45, 2.75) is 6.92 Å². The van der Waals surface area contributed by atoms with Crippen molar-refractivity contribution < 1.29 is 14.5 Å². The number of hydrogen-bond acceptors (Lipinski definition) is 6. The van der Waals surface area contributed by atoms with Crippen LogP contribution in [0.2, 0.25) is 0 Å². The van der Waals surface area contributed by atoms with Gasteiger partial charge in [-0.3, -0.25) is 14.9 Å². The number of carbonyl (C=O) groups excluding carboxylic acids is 1. The number of amides is 1. The average Bonchev–Trinajstić information content (AvgIpc) is 3.28. The SMILES string of the molecule is CCOc1ccc(-n2ccc(C#N)c2C(=O)N2CCN(c3ccc([N+](=O)[O-])cc3)CC2)cc1. The Kier molecular flexibility index (Phi) is 6.26. The molecule has 0 atom stereocenters. The van der Waals surface area contributed by atoms with E-state index in [0.717, 1.165) is 17.1 Å². The van der Waals surface area contributed by atoms with Gasteiger partial charge in [0.2, 0.25) is 0 Å². The average molecular weight is 445 g/mol. The minimum Gasteiger partial charge on any atom is -0.494 e. The Bertz CT molecular complexity index is 1190. The molecule has 4 rings (SSSR count). The van der Waals surface area contributed by atoms with Crippen molar-refractivity contribution in [1.29, 1.82) is 5.26 Å². The van der Waals surface area contributed by atoms with Gasteiger partial charge in [-0.05, 0) is 49.4 Å². The third-order valence-electron chi connectivity index (χ3n) is 5.63. The van der Waals surface area contributed by atoms with E-state index in [4.69, 9.17) is 4.74 Å². The van der Waals surface area contributed by atoms with Crippen molar-refractivity contribution in [3.8, 4) is 17.5 Å². The first kappa shape index (κ1) is 21.9. The monoisotopic (exact) mass is 445 g/mol. The number of ether oxygens (including phenoxy) is 1. The van der Waals surface area contributed by atoms with E-state index in [-0.39, 0.29) is 11.6 Å². The highest BCUT2D eigenvalue weighted by molar-refractivity contribution is 5.96.